The Morgan fingerprint density at radius 3 is 2.59 bits per heavy atom. The van der Waals surface area contributed by atoms with Gasteiger partial charge in [0.05, 0.1) is 0 Å². The second-order valence-electron chi connectivity index (χ2n) is 9.59. The lowest BCUT2D eigenvalue weighted by Crippen LogP contribution is -2.43. The normalized spacial score (nSPS) is 29.0. The Morgan fingerprint density at radius 1 is 1.28 bits per heavy atom. The molecule has 0 bridgehead atoms. The van der Waals surface area contributed by atoms with Crippen LogP contribution in [-0.4, -0.2) is 26.2 Å². The van der Waals surface area contributed by atoms with Gasteiger partial charge in [0.15, 0.2) is 0 Å². The SMILES string of the molecule is C=C[C@]1(C)CC[C@@H](C(C)C/C=C/c2ccc(N3CCNCC3)cc2)C[C@H]1C(=C)C. The van der Waals surface area contributed by atoms with Gasteiger partial charge in [0, 0.05) is 31.9 Å². The van der Waals surface area contributed by atoms with Gasteiger partial charge < -0.3 is 10.2 Å². The van der Waals surface area contributed by atoms with E-state index in [0.717, 1.165) is 38.5 Å². The van der Waals surface area contributed by atoms with Gasteiger partial charge >= 0.3 is 0 Å². The summed E-state index contributed by atoms with van der Waals surface area (Å²) in [4.78, 5) is 2.46. The first-order valence-corrected chi connectivity index (χ1v) is 11.4. The summed E-state index contributed by atoms with van der Waals surface area (Å²) >= 11 is 0. The molecule has 0 radical (unpaired) electrons. The van der Waals surface area contributed by atoms with Crippen LogP contribution in [0.1, 0.15) is 52.0 Å². The maximum absolute atomic E-state index is 4.29. The van der Waals surface area contributed by atoms with Crippen LogP contribution >= 0.6 is 0 Å². The van der Waals surface area contributed by atoms with Crippen LogP contribution in [-0.2, 0) is 0 Å². The van der Waals surface area contributed by atoms with Crippen molar-refractivity contribution in [3.8, 4) is 0 Å². The van der Waals surface area contributed by atoms with E-state index in [4.69, 9.17) is 0 Å². The standard InChI is InChI=1S/C27H40N2/c1-6-27(5)15-14-24(20-26(27)21(2)3)22(4)8-7-9-23-10-12-25(13-11-23)29-18-16-28-17-19-29/h6-7,9-13,22,24,26,28H,1-2,8,14-20H2,3-5H3/b9-7+/t22?,24-,26+,27-/m1/s1. The summed E-state index contributed by atoms with van der Waals surface area (Å²) in [7, 11) is 0. The first kappa shape index (κ1) is 21.9. The molecule has 2 fully saturated rings. The average molecular weight is 393 g/mol. The van der Waals surface area contributed by atoms with Crippen LogP contribution in [0.5, 0.6) is 0 Å². The molecule has 1 aliphatic carbocycles. The first-order valence-electron chi connectivity index (χ1n) is 11.4. The monoisotopic (exact) mass is 392 g/mol. The zero-order valence-electron chi connectivity index (χ0n) is 18.8. The summed E-state index contributed by atoms with van der Waals surface area (Å²) < 4.78 is 0. The van der Waals surface area contributed by atoms with Gasteiger partial charge in [-0.3, -0.25) is 0 Å². The van der Waals surface area contributed by atoms with Crippen LogP contribution in [0, 0.1) is 23.2 Å². The van der Waals surface area contributed by atoms with Crippen molar-refractivity contribution in [1.82, 2.24) is 5.32 Å². The highest BCUT2D eigenvalue weighted by Gasteiger charge is 2.39. The molecule has 2 aliphatic rings. The Bertz CT molecular complexity index is 711. The Labute approximate surface area is 178 Å². The number of rotatable bonds is 7. The Kier molecular flexibility index (Phi) is 7.40. The molecule has 0 spiro atoms. The van der Waals surface area contributed by atoms with E-state index in [1.807, 2.05) is 0 Å². The van der Waals surface area contributed by atoms with Crippen molar-refractivity contribution in [2.75, 3.05) is 31.1 Å². The maximum atomic E-state index is 4.29. The predicted octanol–water partition coefficient (Wildman–Crippen LogP) is 6.32. The Balaban J connectivity index is 1.53. The molecule has 1 aliphatic heterocycles. The van der Waals surface area contributed by atoms with Crippen LogP contribution in [0.4, 0.5) is 5.69 Å². The molecule has 1 aromatic carbocycles. The molecule has 1 aromatic rings. The van der Waals surface area contributed by atoms with Crippen molar-refractivity contribution < 1.29 is 0 Å². The highest BCUT2D eigenvalue weighted by molar-refractivity contribution is 5.56. The van der Waals surface area contributed by atoms with Gasteiger partial charge in [-0.15, -0.1) is 6.58 Å². The number of hydrogen-bond acceptors (Lipinski definition) is 2. The predicted molar refractivity (Wildman–Crippen MR) is 128 cm³/mol. The zero-order chi connectivity index (χ0) is 20.9. The molecule has 1 saturated carbocycles. The summed E-state index contributed by atoms with van der Waals surface area (Å²) in [6.07, 6.45) is 11.8. The average Bonchev–Trinajstić information content (AvgIpc) is 2.75. The van der Waals surface area contributed by atoms with Crippen LogP contribution in [0.3, 0.4) is 0 Å². The van der Waals surface area contributed by atoms with Crippen molar-refractivity contribution in [2.24, 2.45) is 23.2 Å². The fourth-order valence-corrected chi connectivity index (χ4v) is 5.22. The van der Waals surface area contributed by atoms with Crippen LogP contribution in [0.2, 0.25) is 0 Å². The largest absolute Gasteiger partial charge is 0.369 e. The van der Waals surface area contributed by atoms with Crippen molar-refractivity contribution in [1.29, 1.82) is 0 Å². The van der Waals surface area contributed by atoms with Gasteiger partial charge in [-0.25, -0.2) is 0 Å². The van der Waals surface area contributed by atoms with E-state index in [1.165, 1.54) is 36.1 Å². The lowest BCUT2D eigenvalue weighted by molar-refractivity contribution is 0.122. The third-order valence-electron chi connectivity index (χ3n) is 7.45. The fraction of sp³-hybridized carbons (Fsp3) is 0.556. The lowest BCUT2D eigenvalue weighted by Gasteiger charge is -2.45. The van der Waals surface area contributed by atoms with E-state index in [2.05, 4.69) is 86.6 Å². The minimum Gasteiger partial charge on any atom is -0.369 e. The fourth-order valence-electron chi connectivity index (χ4n) is 5.22. The van der Waals surface area contributed by atoms with E-state index in [1.54, 1.807) is 0 Å². The third-order valence-corrected chi connectivity index (χ3v) is 7.45. The van der Waals surface area contributed by atoms with Crippen molar-refractivity contribution in [3.05, 3.63) is 60.7 Å². The molecule has 1 N–H and O–H groups in total. The van der Waals surface area contributed by atoms with Gasteiger partial charge in [0.25, 0.3) is 0 Å². The molecule has 29 heavy (non-hydrogen) atoms. The molecule has 1 saturated heterocycles. The second-order valence-corrected chi connectivity index (χ2v) is 9.59. The molecule has 1 heterocycles. The summed E-state index contributed by atoms with van der Waals surface area (Å²) in [6, 6.07) is 9.05. The molecule has 0 amide bonds. The molecule has 1 unspecified atom stereocenters. The third kappa shape index (κ3) is 5.42. The number of nitrogens with one attached hydrogen (secondary N) is 1. The minimum absolute atomic E-state index is 0.226. The summed E-state index contributed by atoms with van der Waals surface area (Å²) in [5, 5.41) is 3.42. The summed E-state index contributed by atoms with van der Waals surface area (Å²) in [5.41, 5.74) is 4.20. The van der Waals surface area contributed by atoms with E-state index < -0.39 is 0 Å². The highest BCUT2D eigenvalue weighted by atomic mass is 15.2. The van der Waals surface area contributed by atoms with E-state index in [9.17, 15) is 0 Å². The maximum Gasteiger partial charge on any atom is 0.0367 e. The van der Waals surface area contributed by atoms with Gasteiger partial charge in [-0.2, -0.15) is 0 Å². The van der Waals surface area contributed by atoms with Crippen molar-refractivity contribution in [2.45, 2.75) is 46.5 Å². The van der Waals surface area contributed by atoms with Crippen molar-refractivity contribution >= 4 is 11.8 Å². The first-order chi connectivity index (χ1) is 13.9. The van der Waals surface area contributed by atoms with Crippen LogP contribution < -0.4 is 10.2 Å². The van der Waals surface area contributed by atoms with E-state index >= 15 is 0 Å². The minimum atomic E-state index is 0.226. The van der Waals surface area contributed by atoms with Gasteiger partial charge in [0.2, 0.25) is 0 Å². The molecule has 158 valence electrons. The number of benzene rings is 1. The Hall–Kier alpha value is -1.80. The second kappa shape index (κ2) is 9.80. The number of allylic oxidation sites excluding steroid dienone is 3. The van der Waals surface area contributed by atoms with Gasteiger partial charge in [0.1, 0.15) is 0 Å². The number of nitrogens with zero attached hydrogens (tertiary/aromatic N) is 1. The molecular formula is C27H40N2. The van der Waals surface area contributed by atoms with Gasteiger partial charge in [-0.05, 0) is 73.5 Å². The molecule has 2 heteroatoms. The number of anilines is 1. The van der Waals surface area contributed by atoms with Crippen LogP contribution in [0.25, 0.3) is 6.08 Å². The molecule has 2 nitrogen and oxygen atoms in total. The Morgan fingerprint density at radius 2 is 1.97 bits per heavy atom. The van der Waals surface area contributed by atoms with Crippen molar-refractivity contribution in [3.63, 3.8) is 0 Å². The topological polar surface area (TPSA) is 15.3 Å². The summed E-state index contributed by atoms with van der Waals surface area (Å²) in [5.74, 6) is 2.06. The van der Waals surface area contributed by atoms with Crippen LogP contribution in [0.15, 0.2) is 55.1 Å². The highest BCUT2D eigenvalue weighted by Crippen LogP contribution is 2.49. The molecule has 0 aromatic heterocycles. The molecular weight excluding hydrogens is 352 g/mol. The van der Waals surface area contributed by atoms with Gasteiger partial charge in [-0.1, -0.05) is 56.4 Å². The number of hydrogen-bond donors (Lipinski definition) is 1. The lowest BCUT2D eigenvalue weighted by atomic mass is 9.60. The van der Waals surface area contributed by atoms with E-state index in [0.29, 0.717) is 11.8 Å². The molecule has 3 rings (SSSR count). The zero-order valence-corrected chi connectivity index (χ0v) is 18.8. The summed E-state index contributed by atoms with van der Waals surface area (Å²) in [6.45, 7) is 19.8. The van der Waals surface area contributed by atoms with E-state index in [-0.39, 0.29) is 5.41 Å². The number of piperazine rings is 1. The molecule has 4 atom stereocenters. The smallest absolute Gasteiger partial charge is 0.0367 e. The quantitative estimate of drug-likeness (QED) is 0.546.